The fourth-order valence-electron chi connectivity index (χ4n) is 2.14. The van der Waals surface area contributed by atoms with Crippen molar-refractivity contribution in [2.24, 2.45) is 5.92 Å². The van der Waals surface area contributed by atoms with Crippen molar-refractivity contribution in [3.63, 3.8) is 0 Å². The molecule has 0 heterocycles. The molecule has 0 saturated heterocycles. The van der Waals surface area contributed by atoms with E-state index in [0.29, 0.717) is 6.42 Å². The lowest BCUT2D eigenvalue weighted by molar-refractivity contribution is -0.241. The van der Waals surface area contributed by atoms with E-state index in [9.17, 15) is 9.59 Å². The molecule has 0 aromatic rings. The molecule has 1 unspecified atom stereocenters. The van der Waals surface area contributed by atoms with Gasteiger partial charge in [-0.05, 0) is 12.8 Å². The van der Waals surface area contributed by atoms with E-state index in [4.69, 9.17) is 10.5 Å². The van der Waals surface area contributed by atoms with Crippen LogP contribution in [0.3, 0.4) is 0 Å². The van der Waals surface area contributed by atoms with Crippen LogP contribution in [0.5, 0.6) is 0 Å². The van der Waals surface area contributed by atoms with Gasteiger partial charge in [-0.1, -0.05) is 51.9 Å². The van der Waals surface area contributed by atoms with Crippen molar-refractivity contribution in [1.82, 2.24) is 0 Å². The molecule has 0 aromatic carbocycles. The van der Waals surface area contributed by atoms with Gasteiger partial charge in [-0.25, -0.2) is 9.59 Å². The van der Waals surface area contributed by atoms with Gasteiger partial charge in [0.1, 0.15) is 0 Å². The quantitative estimate of drug-likeness (QED) is 0.324. The first-order valence-corrected chi connectivity index (χ1v) is 7.35. The number of rotatable bonds is 12. The summed E-state index contributed by atoms with van der Waals surface area (Å²) in [6, 6.07) is 0. The molecule has 0 fully saturated rings. The lowest BCUT2D eigenvalue weighted by Crippen LogP contribution is -2.18. The fourth-order valence-corrected chi connectivity index (χ4v) is 2.14. The van der Waals surface area contributed by atoms with Crippen LogP contribution in [-0.4, -0.2) is 22.5 Å². The molecule has 0 bridgehead atoms. The molecule has 118 valence electrons. The summed E-state index contributed by atoms with van der Waals surface area (Å²) in [5, 5.41) is 16.6. The number of hydrogen-bond donors (Lipinski definition) is 2. The maximum Gasteiger partial charge on any atom is 0.345 e. The monoisotopic (exact) mass is 290 g/mol. The third-order valence-electron chi connectivity index (χ3n) is 3.38. The molecule has 6 heteroatoms. The second-order valence-electron chi connectivity index (χ2n) is 5.02. The first-order chi connectivity index (χ1) is 9.65. The van der Waals surface area contributed by atoms with Crippen LogP contribution in [0.1, 0.15) is 71.1 Å². The van der Waals surface area contributed by atoms with Gasteiger partial charge in [0.05, 0.1) is 5.92 Å². The Morgan fingerprint density at radius 3 is 2.05 bits per heavy atom. The minimum atomic E-state index is -0.791. The third kappa shape index (κ3) is 9.75. The van der Waals surface area contributed by atoms with Crippen molar-refractivity contribution in [3.8, 4) is 0 Å². The smallest absolute Gasteiger partial charge is 0.301 e. The van der Waals surface area contributed by atoms with Crippen LogP contribution in [0.25, 0.3) is 0 Å². The van der Waals surface area contributed by atoms with E-state index in [1.54, 1.807) is 0 Å². The van der Waals surface area contributed by atoms with E-state index >= 15 is 0 Å². The molecule has 0 saturated carbocycles. The van der Waals surface area contributed by atoms with Gasteiger partial charge in [-0.3, -0.25) is 0 Å². The second-order valence-corrected chi connectivity index (χ2v) is 5.02. The summed E-state index contributed by atoms with van der Waals surface area (Å²) in [7, 11) is 0. The Kier molecular flexibility index (Phi) is 12.1. The Morgan fingerprint density at radius 2 is 1.50 bits per heavy atom. The summed E-state index contributed by atoms with van der Waals surface area (Å²) >= 11 is 0. The van der Waals surface area contributed by atoms with E-state index in [1.165, 1.54) is 25.7 Å². The molecule has 1 atom stereocenters. The zero-order valence-corrected chi connectivity index (χ0v) is 12.2. The number of carbonyl (C=O) groups excluding carboxylic acids is 2. The molecule has 0 aliphatic heterocycles. The highest BCUT2D eigenvalue weighted by Crippen LogP contribution is 2.18. The van der Waals surface area contributed by atoms with Crippen molar-refractivity contribution >= 4 is 11.9 Å². The summed E-state index contributed by atoms with van der Waals surface area (Å²) in [4.78, 5) is 29.4. The highest BCUT2D eigenvalue weighted by molar-refractivity contribution is 5.73. The van der Waals surface area contributed by atoms with E-state index in [1.807, 2.05) is 0 Å². The van der Waals surface area contributed by atoms with Gasteiger partial charge in [-0.15, -0.1) is 0 Å². The number of carbonyl (C=O) groups is 2. The standard InChI is InChI=1S/C14H26O6/c1-2-3-4-5-6-7-8-9-12(14(16)20-18)10-11-13(15)19-17/h12,17-18H,2-11H2,1H3. The first-order valence-electron chi connectivity index (χ1n) is 7.35. The van der Waals surface area contributed by atoms with Gasteiger partial charge in [-0.2, -0.15) is 10.5 Å². The molecule has 0 amide bonds. The average molecular weight is 290 g/mol. The van der Waals surface area contributed by atoms with E-state index in [0.717, 1.165) is 19.3 Å². The summed E-state index contributed by atoms with van der Waals surface area (Å²) in [6.07, 6.45) is 8.57. The summed E-state index contributed by atoms with van der Waals surface area (Å²) in [5.41, 5.74) is 0. The van der Waals surface area contributed by atoms with Crippen LogP contribution < -0.4 is 0 Å². The van der Waals surface area contributed by atoms with E-state index < -0.39 is 17.9 Å². The van der Waals surface area contributed by atoms with Crippen molar-refractivity contribution < 1.29 is 29.9 Å². The van der Waals surface area contributed by atoms with Gasteiger partial charge in [0.25, 0.3) is 0 Å². The number of unbranched alkanes of at least 4 members (excludes halogenated alkanes) is 6. The molecular formula is C14H26O6. The molecule has 0 radical (unpaired) electrons. The minimum Gasteiger partial charge on any atom is -0.301 e. The van der Waals surface area contributed by atoms with Gasteiger partial charge in [0, 0.05) is 6.42 Å². The average Bonchev–Trinajstić information content (AvgIpc) is 2.48. The maximum absolute atomic E-state index is 11.3. The topological polar surface area (TPSA) is 93.1 Å². The number of hydrogen-bond acceptors (Lipinski definition) is 6. The van der Waals surface area contributed by atoms with Crippen molar-refractivity contribution in [2.45, 2.75) is 71.1 Å². The Morgan fingerprint density at radius 1 is 0.900 bits per heavy atom. The van der Waals surface area contributed by atoms with Crippen LogP contribution in [0.15, 0.2) is 0 Å². The van der Waals surface area contributed by atoms with E-state index in [-0.39, 0.29) is 12.8 Å². The van der Waals surface area contributed by atoms with Gasteiger partial charge < -0.3 is 9.78 Å². The summed E-state index contributed by atoms with van der Waals surface area (Å²) in [6.45, 7) is 2.17. The highest BCUT2D eigenvalue weighted by atomic mass is 17.1. The van der Waals surface area contributed by atoms with Crippen molar-refractivity contribution in [2.75, 3.05) is 0 Å². The molecule has 20 heavy (non-hydrogen) atoms. The Hall–Kier alpha value is -1.14. The Balaban J connectivity index is 3.81. The Bertz CT molecular complexity index is 266. The van der Waals surface area contributed by atoms with Crippen LogP contribution >= 0.6 is 0 Å². The van der Waals surface area contributed by atoms with Crippen molar-refractivity contribution in [3.05, 3.63) is 0 Å². The maximum atomic E-state index is 11.3. The SMILES string of the molecule is CCCCCCCCCC(CCC(=O)OO)C(=O)OO. The molecule has 0 aliphatic carbocycles. The Labute approximate surface area is 119 Å². The van der Waals surface area contributed by atoms with Crippen molar-refractivity contribution in [1.29, 1.82) is 0 Å². The second kappa shape index (κ2) is 12.9. The van der Waals surface area contributed by atoms with Crippen LogP contribution in [0.4, 0.5) is 0 Å². The molecule has 0 aliphatic rings. The summed E-state index contributed by atoms with van der Waals surface area (Å²) < 4.78 is 0. The predicted molar refractivity (Wildman–Crippen MR) is 72.8 cm³/mol. The van der Waals surface area contributed by atoms with Gasteiger partial charge in [0.15, 0.2) is 0 Å². The van der Waals surface area contributed by atoms with Gasteiger partial charge in [0.2, 0.25) is 0 Å². The minimum absolute atomic E-state index is 0.0766. The first kappa shape index (κ1) is 18.9. The third-order valence-corrected chi connectivity index (χ3v) is 3.38. The van der Waals surface area contributed by atoms with Crippen LogP contribution in [0.2, 0.25) is 0 Å². The van der Waals surface area contributed by atoms with E-state index in [2.05, 4.69) is 16.7 Å². The van der Waals surface area contributed by atoms with Crippen LogP contribution in [-0.2, 0) is 19.4 Å². The molecular weight excluding hydrogens is 264 g/mol. The zero-order valence-electron chi connectivity index (χ0n) is 12.2. The van der Waals surface area contributed by atoms with Gasteiger partial charge >= 0.3 is 11.9 Å². The highest BCUT2D eigenvalue weighted by Gasteiger charge is 2.21. The molecule has 2 N–H and O–H groups in total. The largest absolute Gasteiger partial charge is 0.345 e. The lowest BCUT2D eigenvalue weighted by atomic mass is 9.96. The molecule has 0 spiro atoms. The fraction of sp³-hybridized carbons (Fsp3) is 0.857. The predicted octanol–water partition coefficient (Wildman–Crippen LogP) is 3.56. The van der Waals surface area contributed by atoms with Crippen LogP contribution in [0, 0.1) is 5.92 Å². The zero-order chi connectivity index (χ0) is 15.2. The lowest BCUT2D eigenvalue weighted by Gasteiger charge is -2.12. The molecule has 0 aromatic heterocycles. The summed E-state index contributed by atoms with van der Waals surface area (Å²) in [5.74, 6) is -2.06. The molecule has 0 rings (SSSR count). The normalized spacial score (nSPS) is 11.9. The molecule has 6 nitrogen and oxygen atoms in total.